The van der Waals surface area contributed by atoms with Gasteiger partial charge in [-0.15, -0.1) is 6.42 Å². The maximum absolute atomic E-state index is 13.1. The van der Waals surface area contributed by atoms with Crippen molar-refractivity contribution in [1.82, 2.24) is 5.32 Å². The lowest BCUT2D eigenvalue weighted by Crippen LogP contribution is -2.24. The van der Waals surface area contributed by atoms with E-state index in [2.05, 4.69) is 27.2 Å². The number of rotatable bonds is 2. The van der Waals surface area contributed by atoms with Gasteiger partial charge in [-0.25, -0.2) is 4.39 Å². The van der Waals surface area contributed by atoms with Crippen LogP contribution in [0.25, 0.3) is 0 Å². The van der Waals surface area contributed by atoms with Gasteiger partial charge in [-0.3, -0.25) is 4.79 Å². The van der Waals surface area contributed by atoms with Gasteiger partial charge in [-0.2, -0.15) is 0 Å². The topological polar surface area (TPSA) is 29.1 Å². The molecule has 0 saturated carbocycles. The third-order valence-electron chi connectivity index (χ3n) is 1.52. The van der Waals surface area contributed by atoms with Gasteiger partial charge >= 0.3 is 0 Å². The van der Waals surface area contributed by atoms with Crippen LogP contribution in [0.1, 0.15) is 10.4 Å². The van der Waals surface area contributed by atoms with Crippen LogP contribution in [0, 0.1) is 18.2 Å². The van der Waals surface area contributed by atoms with Crippen LogP contribution < -0.4 is 5.32 Å². The summed E-state index contributed by atoms with van der Waals surface area (Å²) in [5.41, 5.74) is -0.0189. The first kappa shape index (κ1) is 10.7. The first-order valence-corrected chi connectivity index (χ1v) is 4.61. The van der Waals surface area contributed by atoms with Crippen LogP contribution in [0.4, 0.5) is 4.39 Å². The van der Waals surface area contributed by atoms with Crippen molar-refractivity contribution in [2.75, 3.05) is 6.54 Å². The second kappa shape index (κ2) is 4.77. The van der Waals surface area contributed by atoms with E-state index in [0.29, 0.717) is 4.47 Å². The second-order valence-corrected chi connectivity index (χ2v) is 3.43. The molecule has 0 heterocycles. The molecule has 0 aromatic heterocycles. The maximum Gasteiger partial charge on any atom is 0.255 e. The maximum atomic E-state index is 13.1. The minimum Gasteiger partial charge on any atom is -0.341 e. The van der Waals surface area contributed by atoms with Crippen LogP contribution in [-0.4, -0.2) is 12.5 Å². The Balaban J connectivity index is 2.90. The first-order chi connectivity index (χ1) is 6.65. The molecule has 0 aliphatic rings. The van der Waals surface area contributed by atoms with Crippen LogP contribution in [0.3, 0.4) is 0 Å². The Morgan fingerprint density at radius 2 is 2.36 bits per heavy atom. The fraction of sp³-hybridized carbons (Fsp3) is 0.100. The molecule has 1 aromatic carbocycles. The highest BCUT2D eigenvalue weighted by atomic mass is 79.9. The minimum atomic E-state index is -0.567. The van der Waals surface area contributed by atoms with E-state index in [0.717, 1.165) is 0 Å². The molecule has 0 saturated heterocycles. The summed E-state index contributed by atoms with van der Waals surface area (Å²) in [6, 6.07) is 4.14. The third kappa shape index (κ3) is 2.57. The molecule has 0 fully saturated rings. The molecule has 72 valence electrons. The quantitative estimate of drug-likeness (QED) is 0.805. The third-order valence-corrected chi connectivity index (χ3v) is 2.02. The Kier molecular flexibility index (Phi) is 3.66. The fourth-order valence-electron chi connectivity index (χ4n) is 0.898. The van der Waals surface area contributed by atoms with Gasteiger partial charge in [0.25, 0.3) is 5.91 Å². The van der Waals surface area contributed by atoms with Gasteiger partial charge in [-0.1, -0.05) is 21.9 Å². The Labute approximate surface area is 89.6 Å². The highest BCUT2D eigenvalue weighted by Gasteiger charge is 2.10. The Hall–Kier alpha value is -1.34. The number of nitrogens with one attached hydrogen (secondary N) is 1. The Morgan fingerprint density at radius 1 is 1.64 bits per heavy atom. The lowest BCUT2D eigenvalue weighted by atomic mass is 10.2. The van der Waals surface area contributed by atoms with Crippen molar-refractivity contribution < 1.29 is 9.18 Å². The van der Waals surface area contributed by atoms with Crippen molar-refractivity contribution in [2.24, 2.45) is 0 Å². The van der Waals surface area contributed by atoms with Crippen molar-refractivity contribution in [1.29, 1.82) is 0 Å². The summed E-state index contributed by atoms with van der Waals surface area (Å²) < 4.78 is 13.8. The predicted molar refractivity (Wildman–Crippen MR) is 55.3 cm³/mol. The van der Waals surface area contributed by atoms with Crippen LogP contribution in [0.5, 0.6) is 0 Å². The van der Waals surface area contributed by atoms with Crippen molar-refractivity contribution in [3.63, 3.8) is 0 Å². The minimum absolute atomic E-state index is 0.0189. The van der Waals surface area contributed by atoms with E-state index >= 15 is 0 Å². The molecule has 0 spiro atoms. The van der Waals surface area contributed by atoms with E-state index in [4.69, 9.17) is 6.42 Å². The summed E-state index contributed by atoms with van der Waals surface area (Å²) in [5, 5.41) is 2.38. The van der Waals surface area contributed by atoms with E-state index in [1.54, 1.807) is 0 Å². The Morgan fingerprint density at radius 3 is 3.00 bits per heavy atom. The van der Waals surface area contributed by atoms with Crippen molar-refractivity contribution >= 4 is 21.8 Å². The zero-order chi connectivity index (χ0) is 10.6. The van der Waals surface area contributed by atoms with Gasteiger partial charge in [-0.05, 0) is 18.2 Å². The molecule has 0 aliphatic heterocycles. The number of hydrogen-bond donors (Lipinski definition) is 1. The summed E-state index contributed by atoms with van der Waals surface area (Å²) in [7, 11) is 0. The SMILES string of the molecule is C#CCNC(=O)c1cc(Br)ccc1F. The van der Waals surface area contributed by atoms with Gasteiger partial charge in [0.1, 0.15) is 5.82 Å². The van der Waals surface area contributed by atoms with E-state index in [-0.39, 0.29) is 12.1 Å². The van der Waals surface area contributed by atoms with Crippen molar-refractivity contribution in [3.8, 4) is 12.3 Å². The highest BCUT2D eigenvalue weighted by Crippen LogP contribution is 2.15. The molecule has 0 unspecified atom stereocenters. The number of amides is 1. The van der Waals surface area contributed by atoms with Gasteiger partial charge in [0.05, 0.1) is 12.1 Å². The summed E-state index contributed by atoms with van der Waals surface area (Å²) in [6.45, 7) is 0.0881. The average Bonchev–Trinajstić information content (AvgIpc) is 2.18. The largest absolute Gasteiger partial charge is 0.341 e. The van der Waals surface area contributed by atoms with Gasteiger partial charge in [0.15, 0.2) is 0 Å². The van der Waals surface area contributed by atoms with E-state index in [1.807, 2.05) is 0 Å². The second-order valence-electron chi connectivity index (χ2n) is 2.51. The summed E-state index contributed by atoms with van der Waals surface area (Å²) >= 11 is 3.15. The Bertz CT molecular complexity index is 398. The number of carbonyl (C=O) groups is 1. The average molecular weight is 256 g/mol. The molecule has 0 atom stereocenters. The normalized spacial score (nSPS) is 9.21. The molecule has 14 heavy (non-hydrogen) atoms. The van der Waals surface area contributed by atoms with Gasteiger partial charge < -0.3 is 5.32 Å². The van der Waals surface area contributed by atoms with E-state index in [1.165, 1.54) is 18.2 Å². The van der Waals surface area contributed by atoms with Crippen LogP contribution in [0.2, 0.25) is 0 Å². The van der Waals surface area contributed by atoms with Crippen LogP contribution in [0.15, 0.2) is 22.7 Å². The highest BCUT2D eigenvalue weighted by molar-refractivity contribution is 9.10. The first-order valence-electron chi connectivity index (χ1n) is 3.82. The molecular weight excluding hydrogens is 249 g/mol. The molecule has 0 radical (unpaired) electrons. The lowest BCUT2D eigenvalue weighted by molar-refractivity contribution is 0.0954. The molecule has 2 nitrogen and oxygen atoms in total. The number of hydrogen-bond acceptors (Lipinski definition) is 1. The standard InChI is InChI=1S/C10H7BrFNO/c1-2-5-13-10(14)8-6-7(11)3-4-9(8)12/h1,3-4,6H,5H2,(H,13,14). The van der Waals surface area contributed by atoms with Crippen molar-refractivity contribution in [3.05, 3.63) is 34.1 Å². The summed E-state index contributed by atoms with van der Waals surface area (Å²) in [4.78, 5) is 11.3. The fourth-order valence-corrected chi connectivity index (χ4v) is 1.26. The smallest absolute Gasteiger partial charge is 0.255 e. The molecular formula is C10H7BrFNO. The molecule has 1 amide bonds. The molecule has 1 N–H and O–H groups in total. The monoisotopic (exact) mass is 255 g/mol. The lowest BCUT2D eigenvalue weighted by Gasteiger charge is -2.03. The van der Waals surface area contributed by atoms with E-state index in [9.17, 15) is 9.18 Å². The summed E-state index contributed by atoms with van der Waals surface area (Å²) in [5.74, 6) is 1.16. The van der Waals surface area contributed by atoms with Gasteiger partial charge in [0, 0.05) is 4.47 Å². The number of halogens is 2. The zero-order valence-electron chi connectivity index (χ0n) is 7.18. The molecule has 4 heteroatoms. The van der Waals surface area contributed by atoms with Gasteiger partial charge in [0.2, 0.25) is 0 Å². The predicted octanol–water partition coefficient (Wildman–Crippen LogP) is 1.95. The molecule has 0 aliphatic carbocycles. The van der Waals surface area contributed by atoms with E-state index < -0.39 is 11.7 Å². The molecule has 1 rings (SSSR count). The number of benzene rings is 1. The number of carbonyl (C=O) groups excluding carboxylic acids is 1. The summed E-state index contributed by atoms with van der Waals surface area (Å²) in [6.07, 6.45) is 4.96. The van der Waals surface area contributed by atoms with Crippen molar-refractivity contribution in [2.45, 2.75) is 0 Å². The zero-order valence-corrected chi connectivity index (χ0v) is 8.77. The molecule has 1 aromatic rings. The van der Waals surface area contributed by atoms with Crippen LogP contribution in [-0.2, 0) is 0 Å². The molecule has 0 bridgehead atoms. The number of terminal acetylenes is 1. The van der Waals surface area contributed by atoms with Crippen LogP contribution >= 0.6 is 15.9 Å².